The second-order valence-electron chi connectivity index (χ2n) is 10.6. The summed E-state index contributed by atoms with van der Waals surface area (Å²) in [4.78, 5) is 39.5. The Hall–Kier alpha value is -4.71. The molecule has 6 nitrogen and oxygen atoms in total. The number of nitrogens with one attached hydrogen (secondary N) is 1. The number of carboxylic acids is 1. The van der Waals surface area contributed by atoms with Crippen molar-refractivity contribution in [1.82, 2.24) is 4.90 Å². The van der Waals surface area contributed by atoms with Crippen LogP contribution in [0.3, 0.4) is 0 Å². The second kappa shape index (κ2) is 10.8. The third-order valence-electron chi connectivity index (χ3n) is 8.11. The van der Waals surface area contributed by atoms with Crippen LogP contribution >= 0.6 is 0 Å². The van der Waals surface area contributed by atoms with Gasteiger partial charge >= 0.3 is 5.97 Å². The minimum absolute atomic E-state index is 0.0185. The van der Waals surface area contributed by atoms with Gasteiger partial charge in [-0.25, -0.2) is 0 Å². The maximum atomic E-state index is 13.3. The molecule has 1 aliphatic carbocycles. The fraction of sp³-hybridized carbons (Fsp3) is 0.206. The van der Waals surface area contributed by atoms with Crippen molar-refractivity contribution >= 4 is 23.5 Å². The van der Waals surface area contributed by atoms with Gasteiger partial charge in [0, 0.05) is 29.4 Å². The quantitative estimate of drug-likeness (QED) is 0.285. The van der Waals surface area contributed by atoms with Gasteiger partial charge in [-0.05, 0) is 77.4 Å². The number of amides is 2. The number of aliphatic carboxylic acids is 1. The van der Waals surface area contributed by atoms with Gasteiger partial charge in [-0.15, -0.1) is 0 Å². The van der Waals surface area contributed by atoms with E-state index in [9.17, 15) is 19.5 Å². The van der Waals surface area contributed by atoms with Crippen LogP contribution < -0.4 is 5.32 Å². The van der Waals surface area contributed by atoms with E-state index in [1.807, 2.05) is 102 Å². The molecule has 0 radical (unpaired) electrons. The molecule has 1 heterocycles. The van der Waals surface area contributed by atoms with E-state index in [1.165, 1.54) is 0 Å². The summed E-state index contributed by atoms with van der Waals surface area (Å²) >= 11 is 0. The monoisotopic (exact) mass is 530 g/mol. The molecule has 2 aliphatic rings. The van der Waals surface area contributed by atoms with Crippen molar-refractivity contribution in [3.05, 3.63) is 114 Å². The van der Waals surface area contributed by atoms with E-state index in [1.54, 1.807) is 0 Å². The lowest BCUT2D eigenvalue weighted by Crippen LogP contribution is -2.40. The minimum atomic E-state index is -0.767. The second-order valence-corrected chi connectivity index (χ2v) is 10.6. The van der Waals surface area contributed by atoms with E-state index >= 15 is 0 Å². The highest BCUT2D eigenvalue weighted by molar-refractivity contribution is 6.04. The number of hydrogen-bond acceptors (Lipinski definition) is 3. The van der Waals surface area contributed by atoms with Gasteiger partial charge in [-0.1, -0.05) is 73.2 Å². The topological polar surface area (TPSA) is 86.7 Å². The lowest BCUT2D eigenvalue weighted by atomic mass is 9.85. The number of nitrogens with zero attached hydrogens (tertiary/aromatic N) is 1. The van der Waals surface area contributed by atoms with E-state index in [2.05, 4.69) is 5.32 Å². The van der Waals surface area contributed by atoms with Gasteiger partial charge in [0.15, 0.2) is 0 Å². The first-order valence-electron chi connectivity index (χ1n) is 13.7. The van der Waals surface area contributed by atoms with Crippen LogP contribution in [0.5, 0.6) is 0 Å². The molecule has 4 aromatic carbocycles. The molecular weight excluding hydrogens is 500 g/mol. The first-order valence-corrected chi connectivity index (χ1v) is 13.7. The number of carbonyl (C=O) groups is 3. The predicted molar refractivity (Wildman–Crippen MR) is 155 cm³/mol. The molecule has 2 atom stereocenters. The number of hydrogen-bond donors (Lipinski definition) is 2. The average molecular weight is 531 g/mol. The molecule has 2 N–H and O–H groups in total. The Bertz CT molecular complexity index is 1560. The molecule has 1 fully saturated rings. The highest BCUT2D eigenvalue weighted by Gasteiger charge is 2.37. The molecular formula is C34H30N2O4. The van der Waals surface area contributed by atoms with Crippen molar-refractivity contribution in [3.63, 3.8) is 0 Å². The first-order chi connectivity index (χ1) is 19.5. The summed E-state index contributed by atoms with van der Waals surface area (Å²) in [5.74, 6) is -1.34. The summed E-state index contributed by atoms with van der Waals surface area (Å²) < 4.78 is 0. The molecule has 2 unspecified atom stereocenters. The fourth-order valence-corrected chi connectivity index (χ4v) is 5.86. The fourth-order valence-electron chi connectivity index (χ4n) is 5.86. The van der Waals surface area contributed by atoms with Crippen molar-refractivity contribution in [1.29, 1.82) is 0 Å². The molecule has 4 aromatic rings. The minimum Gasteiger partial charge on any atom is -0.481 e. The largest absolute Gasteiger partial charge is 0.481 e. The summed E-state index contributed by atoms with van der Waals surface area (Å²) in [5.41, 5.74) is 6.97. The highest BCUT2D eigenvalue weighted by Crippen LogP contribution is 2.35. The molecule has 2 amide bonds. The number of rotatable bonds is 6. The van der Waals surface area contributed by atoms with E-state index < -0.39 is 5.97 Å². The zero-order valence-electron chi connectivity index (χ0n) is 22.0. The summed E-state index contributed by atoms with van der Waals surface area (Å²) in [6, 6.07) is 31.1. The lowest BCUT2D eigenvalue weighted by Gasteiger charge is -2.33. The number of fused-ring (bicyclic) bond motifs is 1. The molecule has 0 bridgehead atoms. The van der Waals surface area contributed by atoms with E-state index in [4.69, 9.17) is 0 Å². The Morgan fingerprint density at radius 1 is 0.775 bits per heavy atom. The SMILES string of the molecule is O=C(Nc1ccc(-c2ccc3c(c2)C(=O)N(C2CCCC(C(=O)O)C2)C3)cc1)c1ccc(-c2ccccc2)cc1. The van der Waals surface area contributed by atoms with Crippen molar-refractivity contribution in [3.8, 4) is 22.3 Å². The molecule has 6 rings (SSSR count). The van der Waals surface area contributed by atoms with Crippen molar-refractivity contribution in [2.24, 2.45) is 5.92 Å². The van der Waals surface area contributed by atoms with Crippen LogP contribution in [0.4, 0.5) is 5.69 Å². The maximum Gasteiger partial charge on any atom is 0.306 e. The van der Waals surface area contributed by atoms with Gasteiger partial charge in [0.2, 0.25) is 0 Å². The van der Waals surface area contributed by atoms with Crippen LogP contribution in [0.2, 0.25) is 0 Å². The summed E-state index contributed by atoms with van der Waals surface area (Å²) in [7, 11) is 0. The third kappa shape index (κ3) is 5.13. The van der Waals surface area contributed by atoms with Crippen LogP contribution in [-0.2, 0) is 11.3 Å². The summed E-state index contributed by atoms with van der Waals surface area (Å²) in [6.45, 7) is 0.531. The van der Waals surface area contributed by atoms with Gasteiger partial charge in [-0.2, -0.15) is 0 Å². The lowest BCUT2D eigenvalue weighted by molar-refractivity contribution is -0.143. The molecule has 0 saturated heterocycles. The van der Waals surface area contributed by atoms with E-state index in [0.717, 1.165) is 40.7 Å². The number of carbonyl (C=O) groups excluding carboxylic acids is 2. The molecule has 0 aromatic heterocycles. The maximum absolute atomic E-state index is 13.3. The van der Waals surface area contributed by atoms with E-state index in [0.29, 0.717) is 36.2 Å². The Morgan fingerprint density at radius 3 is 2.15 bits per heavy atom. The number of carboxylic acid groups (broad SMARTS) is 1. The molecule has 40 heavy (non-hydrogen) atoms. The molecule has 1 aliphatic heterocycles. The van der Waals surface area contributed by atoms with Crippen LogP contribution in [-0.4, -0.2) is 33.8 Å². The Kier molecular flexibility index (Phi) is 6.91. The van der Waals surface area contributed by atoms with Gasteiger partial charge in [-0.3, -0.25) is 14.4 Å². The average Bonchev–Trinajstić information content (AvgIpc) is 3.33. The first kappa shape index (κ1) is 25.6. The van der Waals surface area contributed by atoms with E-state index in [-0.39, 0.29) is 23.8 Å². The predicted octanol–water partition coefficient (Wildman–Crippen LogP) is 6.87. The molecule has 0 spiro atoms. The van der Waals surface area contributed by atoms with Gasteiger partial charge in [0.1, 0.15) is 0 Å². The molecule has 6 heteroatoms. The Labute approximate surface area is 233 Å². The van der Waals surface area contributed by atoms with Crippen molar-refractivity contribution in [2.45, 2.75) is 38.3 Å². The Balaban J connectivity index is 1.12. The molecule has 1 saturated carbocycles. The standard InChI is InChI=1S/C34H30N2O4/c37-32(25-11-9-23(10-12-25)22-5-2-1-3-6-22)35-29-17-15-24(16-18-29)26-13-14-28-21-36(33(38)31(28)20-26)30-8-4-7-27(19-30)34(39)40/h1-3,5-6,9-18,20,27,30H,4,7-8,19,21H2,(H,35,37)(H,39,40). The van der Waals surface area contributed by atoms with Crippen LogP contribution in [0.1, 0.15) is 52.0 Å². The number of anilines is 1. The summed E-state index contributed by atoms with van der Waals surface area (Å²) in [5, 5.41) is 12.4. The van der Waals surface area contributed by atoms with Crippen molar-refractivity contribution in [2.75, 3.05) is 5.32 Å². The van der Waals surface area contributed by atoms with Crippen molar-refractivity contribution < 1.29 is 19.5 Å². The normalized spacial score (nSPS) is 18.3. The molecule has 200 valence electrons. The zero-order valence-corrected chi connectivity index (χ0v) is 22.0. The zero-order chi connectivity index (χ0) is 27.6. The van der Waals surface area contributed by atoms with Gasteiger partial charge < -0.3 is 15.3 Å². The van der Waals surface area contributed by atoms with Gasteiger partial charge in [0.05, 0.1) is 5.92 Å². The van der Waals surface area contributed by atoms with Gasteiger partial charge in [0.25, 0.3) is 11.8 Å². The van der Waals surface area contributed by atoms with Crippen LogP contribution in [0, 0.1) is 5.92 Å². The summed E-state index contributed by atoms with van der Waals surface area (Å²) in [6.07, 6.45) is 2.88. The number of benzene rings is 4. The van der Waals surface area contributed by atoms with Crippen LogP contribution in [0.15, 0.2) is 97.1 Å². The highest BCUT2D eigenvalue weighted by atomic mass is 16.4. The third-order valence-corrected chi connectivity index (χ3v) is 8.11. The smallest absolute Gasteiger partial charge is 0.306 e. The Morgan fingerprint density at radius 2 is 1.43 bits per heavy atom. The van der Waals surface area contributed by atoms with Crippen LogP contribution in [0.25, 0.3) is 22.3 Å².